The van der Waals surface area contributed by atoms with Gasteiger partial charge >= 0.3 is 0 Å². The molecule has 0 spiro atoms. The average molecular weight is 369 g/mol. The monoisotopic (exact) mass is 367 g/mol. The first kappa shape index (κ1) is 13.3. The predicted octanol–water partition coefficient (Wildman–Crippen LogP) is 4.77. The summed E-state index contributed by atoms with van der Waals surface area (Å²) >= 11 is 6.74. The normalized spacial score (nSPS) is 10.2. The Morgan fingerprint density at radius 1 is 1.00 bits per heavy atom. The predicted molar refractivity (Wildman–Crippen MR) is 81.0 cm³/mol. The van der Waals surface area contributed by atoms with Gasteiger partial charge in [0.15, 0.2) is 0 Å². The molecule has 92 valence electrons. The van der Waals surface area contributed by atoms with Crippen LogP contribution in [0.2, 0.25) is 0 Å². The van der Waals surface area contributed by atoms with Crippen LogP contribution in [-0.2, 0) is 0 Å². The Balaban J connectivity index is 2.21. The molecule has 0 aliphatic carbocycles. The van der Waals surface area contributed by atoms with Crippen molar-refractivity contribution in [2.45, 2.75) is 6.92 Å². The second-order valence-electron chi connectivity index (χ2n) is 3.92. The zero-order chi connectivity index (χ0) is 13.1. The van der Waals surface area contributed by atoms with Crippen molar-refractivity contribution in [2.75, 3.05) is 5.32 Å². The molecule has 0 atom stereocenters. The van der Waals surface area contributed by atoms with E-state index >= 15 is 0 Å². The van der Waals surface area contributed by atoms with E-state index in [0.29, 0.717) is 5.56 Å². The van der Waals surface area contributed by atoms with Crippen LogP contribution in [0, 0.1) is 6.92 Å². The molecule has 0 saturated heterocycles. The van der Waals surface area contributed by atoms with E-state index in [9.17, 15) is 4.79 Å². The number of carbonyl (C=O) groups excluding carboxylic acids is 1. The van der Waals surface area contributed by atoms with E-state index in [1.54, 1.807) is 12.1 Å². The Morgan fingerprint density at radius 3 is 2.28 bits per heavy atom. The number of carbonyl (C=O) groups is 1. The summed E-state index contributed by atoms with van der Waals surface area (Å²) in [5, 5.41) is 2.90. The van der Waals surface area contributed by atoms with E-state index < -0.39 is 0 Å². The van der Waals surface area contributed by atoms with Gasteiger partial charge < -0.3 is 5.32 Å². The van der Waals surface area contributed by atoms with Crippen LogP contribution in [0.5, 0.6) is 0 Å². The first-order chi connectivity index (χ1) is 8.56. The number of halogens is 2. The minimum absolute atomic E-state index is 0.108. The summed E-state index contributed by atoms with van der Waals surface area (Å²) in [6.45, 7) is 1.96. The molecule has 0 aliphatic heterocycles. The second-order valence-corrected chi connectivity index (χ2v) is 5.75. The van der Waals surface area contributed by atoms with Crippen molar-refractivity contribution >= 4 is 43.5 Å². The molecule has 2 aromatic rings. The lowest BCUT2D eigenvalue weighted by Crippen LogP contribution is -2.12. The van der Waals surface area contributed by atoms with Gasteiger partial charge in [-0.3, -0.25) is 4.79 Å². The highest BCUT2D eigenvalue weighted by Gasteiger charge is 2.07. The summed E-state index contributed by atoms with van der Waals surface area (Å²) in [6.07, 6.45) is 0. The molecular formula is C14H11Br2NO. The minimum atomic E-state index is -0.108. The summed E-state index contributed by atoms with van der Waals surface area (Å²) < 4.78 is 1.90. The SMILES string of the molecule is Cc1ccc(Br)cc1NC(=O)c1ccc(Br)cc1. The lowest BCUT2D eigenvalue weighted by molar-refractivity contribution is 0.102. The van der Waals surface area contributed by atoms with Crippen LogP contribution in [0.4, 0.5) is 5.69 Å². The number of nitrogens with one attached hydrogen (secondary N) is 1. The van der Waals surface area contributed by atoms with Gasteiger partial charge in [-0.25, -0.2) is 0 Å². The molecule has 0 bridgehead atoms. The van der Waals surface area contributed by atoms with Crippen LogP contribution in [-0.4, -0.2) is 5.91 Å². The van der Waals surface area contributed by atoms with Gasteiger partial charge in [-0.05, 0) is 48.9 Å². The van der Waals surface area contributed by atoms with Gasteiger partial charge in [-0.15, -0.1) is 0 Å². The summed E-state index contributed by atoms with van der Waals surface area (Å²) in [7, 11) is 0. The fourth-order valence-corrected chi connectivity index (χ4v) is 2.15. The zero-order valence-electron chi connectivity index (χ0n) is 9.71. The molecule has 0 unspecified atom stereocenters. The minimum Gasteiger partial charge on any atom is -0.322 e. The maximum absolute atomic E-state index is 12.0. The molecule has 0 aromatic heterocycles. The van der Waals surface area contributed by atoms with E-state index in [0.717, 1.165) is 20.2 Å². The highest BCUT2D eigenvalue weighted by Crippen LogP contribution is 2.21. The number of hydrogen-bond donors (Lipinski definition) is 1. The van der Waals surface area contributed by atoms with Crippen molar-refractivity contribution < 1.29 is 4.79 Å². The molecule has 4 heteroatoms. The van der Waals surface area contributed by atoms with Gasteiger partial charge in [0.1, 0.15) is 0 Å². The van der Waals surface area contributed by atoms with Gasteiger partial charge in [0.25, 0.3) is 5.91 Å². The molecule has 0 heterocycles. The van der Waals surface area contributed by atoms with Gasteiger partial charge in [0, 0.05) is 20.2 Å². The quantitative estimate of drug-likeness (QED) is 0.812. The highest BCUT2D eigenvalue weighted by atomic mass is 79.9. The topological polar surface area (TPSA) is 29.1 Å². The molecule has 1 N–H and O–H groups in total. The third kappa shape index (κ3) is 3.21. The number of aryl methyl sites for hydroxylation is 1. The van der Waals surface area contributed by atoms with Crippen LogP contribution >= 0.6 is 31.9 Å². The third-order valence-corrected chi connectivity index (χ3v) is 3.58. The maximum atomic E-state index is 12.0. The van der Waals surface area contributed by atoms with Crippen molar-refractivity contribution in [3.05, 3.63) is 62.5 Å². The fourth-order valence-electron chi connectivity index (χ4n) is 1.52. The van der Waals surface area contributed by atoms with Crippen molar-refractivity contribution in [2.24, 2.45) is 0 Å². The Bertz CT molecular complexity index is 579. The van der Waals surface area contributed by atoms with E-state index in [-0.39, 0.29) is 5.91 Å². The number of amides is 1. The first-order valence-corrected chi connectivity index (χ1v) is 6.98. The third-order valence-electron chi connectivity index (χ3n) is 2.55. The lowest BCUT2D eigenvalue weighted by Gasteiger charge is -2.09. The van der Waals surface area contributed by atoms with Crippen LogP contribution in [0.3, 0.4) is 0 Å². The van der Waals surface area contributed by atoms with E-state index in [2.05, 4.69) is 37.2 Å². The van der Waals surface area contributed by atoms with Crippen LogP contribution in [0.1, 0.15) is 15.9 Å². The zero-order valence-corrected chi connectivity index (χ0v) is 12.9. The Morgan fingerprint density at radius 2 is 1.61 bits per heavy atom. The highest BCUT2D eigenvalue weighted by molar-refractivity contribution is 9.10. The second kappa shape index (κ2) is 5.67. The summed E-state index contributed by atoms with van der Waals surface area (Å²) in [6, 6.07) is 13.1. The standard InChI is InChI=1S/C14H11Br2NO/c1-9-2-5-12(16)8-13(9)17-14(18)10-3-6-11(15)7-4-10/h2-8H,1H3,(H,17,18). The molecule has 1 amide bonds. The van der Waals surface area contributed by atoms with Crippen LogP contribution < -0.4 is 5.32 Å². The van der Waals surface area contributed by atoms with E-state index in [1.165, 1.54) is 0 Å². The Labute approximate surface area is 123 Å². The summed E-state index contributed by atoms with van der Waals surface area (Å²) in [5.41, 5.74) is 2.48. The number of anilines is 1. The van der Waals surface area contributed by atoms with Crippen LogP contribution in [0.25, 0.3) is 0 Å². The first-order valence-electron chi connectivity index (χ1n) is 5.39. The maximum Gasteiger partial charge on any atom is 0.255 e. The van der Waals surface area contributed by atoms with Crippen molar-refractivity contribution in [1.29, 1.82) is 0 Å². The average Bonchev–Trinajstić information content (AvgIpc) is 2.34. The molecule has 0 fully saturated rings. The molecule has 2 rings (SSSR count). The fraction of sp³-hybridized carbons (Fsp3) is 0.0714. The molecule has 18 heavy (non-hydrogen) atoms. The van der Waals surface area contributed by atoms with E-state index in [4.69, 9.17) is 0 Å². The largest absolute Gasteiger partial charge is 0.322 e. The number of benzene rings is 2. The van der Waals surface area contributed by atoms with E-state index in [1.807, 2.05) is 37.3 Å². The molecular weight excluding hydrogens is 358 g/mol. The van der Waals surface area contributed by atoms with Crippen LogP contribution in [0.15, 0.2) is 51.4 Å². The molecule has 2 aromatic carbocycles. The molecule has 2 nitrogen and oxygen atoms in total. The van der Waals surface area contributed by atoms with Gasteiger partial charge in [0.2, 0.25) is 0 Å². The van der Waals surface area contributed by atoms with Gasteiger partial charge in [0.05, 0.1) is 0 Å². The van der Waals surface area contributed by atoms with Crippen molar-refractivity contribution in [1.82, 2.24) is 0 Å². The Kier molecular flexibility index (Phi) is 4.19. The molecule has 0 aliphatic rings. The smallest absolute Gasteiger partial charge is 0.255 e. The number of rotatable bonds is 2. The summed E-state index contributed by atoms with van der Waals surface area (Å²) in [5.74, 6) is -0.108. The van der Waals surface area contributed by atoms with Gasteiger partial charge in [-0.2, -0.15) is 0 Å². The van der Waals surface area contributed by atoms with Gasteiger partial charge in [-0.1, -0.05) is 37.9 Å². The van der Waals surface area contributed by atoms with Crippen molar-refractivity contribution in [3.63, 3.8) is 0 Å². The molecule has 0 radical (unpaired) electrons. The Hall–Kier alpha value is -1.13. The lowest BCUT2D eigenvalue weighted by atomic mass is 10.1. The molecule has 0 saturated carbocycles. The summed E-state index contributed by atoms with van der Waals surface area (Å²) in [4.78, 5) is 12.0. The van der Waals surface area contributed by atoms with Crippen molar-refractivity contribution in [3.8, 4) is 0 Å². The number of hydrogen-bond acceptors (Lipinski definition) is 1.